The smallest absolute Gasteiger partial charge is 0.240 e. The third-order valence-corrected chi connectivity index (χ3v) is 4.72. The Hall–Kier alpha value is -0.280. The summed E-state index contributed by atoms with van der Waals surface area (Å²) in [5.41, 5.74) is 0.175. The van der Waals surface area contributed by atoms with E-state index in [1.807, 2.05) is 4.90 Å². The van der Waals surface area contributed by atoms with Gasteiger partial charge in [0.05, 0.1) is 0 Å². The van der Waals surface area contributed by atoms with E-state index in [2.05, 4.69) is 0 Å². The zero-order valence-electron chi connectivity index (χ0n) is 10.5. The number of alkyl halides is 1. The molecule has 0 radical (unpaired) electrons. The lowest BCUT2D eigenvalue weighted by Gasteiger charge is -2.37. The minimum Gasteiger partial charge on any atom is -0.396 e. The highest BCUT2D eigenvalue weighted by Crippen LogP contribution is 2.47. The van der Waals surface area contributed by atoms with Crippen LogP contribution in [0.5, 0.6) is 0 Å². The van der Waals surface area contributed by atoms with Crippen molar-refractivity contribution in [1.29, 1.82) is 0 Å². The molecule has 1 heterocycles. The van der Waals surface area contributed by atoms with Crippen molar-refractivity contribution < 1.29 is 9.90 Å². The Morgan fingerprint density at radius 3 is 2.65 bits per heavy atom. The Morgan fingerprint density at radius 2 is 2.12 bits per heavy atom. The standard InChI is InChI=1S/C13H22ClNO2/c1-10(14)12(17)15-7-11(8-16)13(9-15)5-3-2-4-6-13/h10-11,16H,2-9H2,1H3/t10-,11-/m0/s1. The van der Waals surface area contributed by atoms with Gasteiger partial charge in [0.25, 0.3) is 0 Å². The lowest BCUT2D eigenvalue weighted by molar-refractivity contribution is -0.130. The molecule has 2 fully saturated rings. The number of rotatable bonds is 2. The van der Waals surface area contributed by atoms with Crippen LogP contribution in [0.25, 0.3) is 0 Å². The lowest BCUT2D eigenvalue weighted by Crippen LogP contribution is -2.37. The summed E-state index contributed by atoms with van der Waals surface area (Å²) in [5.74, 6) is 0.273. The van der Waals surface area contributed by atoms with Crippen molar-refractivity contribution >= 4 is 17.5 Å². The van der Waals surface area contributed by atoms with Gasteiger partial charge in [0.15, 0.2) is 0 Å². The van der Waals surface area contributed by atoms with Crippen LogP contribution in [0.3, 0.4) is 0 Å². The van der Waals surface area contributed by atoms with Crippen LogP contribution in [0.15, 0.2) is 0 Å². The van der Waals surface area contributed by atoms with Crippen LogP contribution in [0.1, 0.15) is 39.0 Å². The molecule has 2 rings (SSSR count). The Kier molecular flexibility index (Phi) is 3.99. The third kappa shape index (κ3) is 2.45. The average Bonchev–Trinajstić information content (AvgIpc) is 2.67. The second kappa shape index (κ2) is 5.15. The first-order valence-corrected chi connectivity index (χ1v) is 7.06. The van der Waals surface area contributed by atoms with Gasteiger partial charge >= 0.3 is 0 Å². The molecule has 1 N–H and O–H groups in total. The van der Waals surface area contributed by atoms with Crippen molar-refractivity contribution in [2.75, 3.05) is 19.7 Å². The zero-order valence-corrected chi connectivity index (χ0v) is 11.2. The normalized spacial score (nSPS) is 29.6. The minimum absolute atomic E-state index is 0.0209. The largest absolute Gasteiger partial charge is 0.396 e. The van der Waals surface area contributed by atoms with Gasteiger partial charge < -0.3 is 10.0 Å². The van der Waals surface area contributed by atoms with Crippen LogP contribution < -0.4 is 0 Å². The first-order chi connectivity index (χ1) is 8.09. The number of aliphatic hydroxyl groups excluding tert-OH is 1. The Labute approximate surface area is 108 Å². The number of amides is 1. The highest BCUT2D eigenvalue weighted by molar-refractivity contribution is 6.30. The topological polar surface area (TPSA) is 40.5 Å². The molecule has 0 aromatic heterocycles. The molecule has 1 aliphatic carbocycles. The summed E-state index contributed by atoms with van der Waals surface area (Å²) in [7, 11) is 0. The maximum absolute atomic E-state index is 11.9. The van der Waals surface area contributed by atoms with Crippen molar-refractivity contribution in [3.8, 4) is 0 Å². The van der Waals surface area contributed by atoms with Gasteiger partial charge in [0.1, 0.15) is 5.38 Å². The molecule has 98 valence electrons. The molecule has 1 spiro atoms. The monoisotopic (exact) mass is 259 g/mol. The molecule has 3 nitrogen and oxygen atoms in total. The number of carbonyl (C=O) groups is 1. The highest BCUT2D eigenvalue weighted by Gasteiger charge is 2.47. The van der Waals surface area contributed by atoms with E-state index in [-0.39, 0.29) is 23.8 Å². The van der Waals surface area contributed by atoms with E-state index in [4.69, 9.17) is 11.6 Å². The van der Waals surface area contributed by atoms with Gasteiger partial charge in [0, 0.05) is 25.6 Å². The van der Waals surface area contributed by atoms with Gasteiger partial charge in [-0.2, -0.15) is 0 Å². The van der Waals surface area contributed by atoms with E-state index in [1.54, 1.807) is 6.92 Å². The second-order valence-corrected chi connectivity index (χ2v) is 6.29. The number of hydrogen-bond acceptors (Lipinski definition) is 2. The summed E-state index contributed by atoms with van der Waals surface area (Å²) in [6.07, 6.45) is 6.06. The van der Waals surface area contributed by atoms with Crippen LogP contribution in [0.4, 0.5) is 0 Å². The molecule has 0 bridgehead atoms. The zero-order chi connectivity index (χ0) is 12.5. The van der Waals surface area contributed by atoms with Gasteiger partial charge in [0.2, 0.25) is 5.91 Å². The van der Waals surface area contributed by atoms with Crippen molar-refractivity contribution in [3.05, 3.63) is 0 Å². The van der Waals surface area contributed by atoms with Gasteiger partial charge in [-0.25, -0.2) is 0 Å². The summed E-state index contributed by atoms with van der Waals surface area (Å²) < 4.78 is 0. The fourth-order valence-electron chi connectivity index (χ4n) is 3.53. The predicted octanol–water partition coefficient (Wildman–Crippen LogP) is 2.01. The lowest BCUT2D eigenvalue weighted by atomic mass is 9.68. The van der Waals surface area contributed by atoms with Gasteiger partial charge in [-0.15, -0.1) is 11.6 Å². The molecular formula is C13H22ClNO2. The number of aliphatic hydroxyl groups is 1. The van der Waals surface area contributed by atoms with Crippen molar-refractivity contribution in [2.24, 2.45) is 11.3 Å². The summed E-state index contributed by atoms with van der Waals surface area (Å²) in [6, 6.07) is 0. The predicted molar refractivity (Wildman–Crippen MR) is 68.0 cm³/mol. The van der Waals surface area contributed by atoms with E-state index >= 15 is 0 Å². The van der Waals surface area contributed by atoms with Crippen LogP contribution in [0.2, 0.25) is 0 Å². The molecule has 1 saturated heterocycles. The molecule has 2 aliphatic rings. The molecule has 4 heteroatoms. The van der Waals surface area contributed by atoms with E-state index in [9.17, 15) is 9.90 Å². The summed E-state index contributed by atoms with van der Waals surface area (Å²) >= 11 is 5.87. The van der Waals surface area contributed by atoms with E-state index in [0.717, 1.165) is 19.4 Å². The summed E-state index contributed by atoms with van der Waals surface area (Å²) in [6.45, 7) is 3.41. The van der Waals surface area contributed by atoms with Crippen molar-refractivity contribution in [2.45, 2.75) is 44.4 Å². The van der Waals surface area contributed by atoms with Crippen molar-refractivity contribution in [3.63, 3.8) is 0 Å². The number of nitrogens with zero attached hydrogens (tertiary/aromatic N) is 1. The number of carbonyl (C=O) groups excluding carboxylic acids is 1. The van der Waals surface area contributed by atoms with Crippen LogP contribution in [-0.2, 0) is 4.79 Å². The second-order valence-electron chi connectivity index (χ2n) is 5.64. The first kappa shape index (κ1) is 13.2. The summed E-state index contributed by atoms with van der Waals surface area (Å²) in [5, 5.41) is 9.10. The third-order valence-electron chi connectivity index (χ3n) is 4.53. The molecule has 0 unspecified atom stereocenters. The summed E-state index contributed by atoms with van der Waals surface area (Å²) in [4.78, 5) is 13.8. The molecule has 0 aromatic rings. The number of likely N-dealkylation sites (tertiary alicyclic amines) is 1. The van der Waals surface area contributed by atoms with Gasteiger partial charge in [-0.3, -0.25) is 4.79 Å². The Balaban J connectivity index is 2.10. The Morgan fingerprint density at radius 1 is 1.47 bits per heavy atom. The molecule has 17 heavy (non-hydrogen) atoms. The minimum atomic E-state index is -0.451. The van der Waals surface area contributed by atoms with E-state index in [0.29, 0.717) is 6.54 Å². The quantitative estimate of drug-likeness (QED) is 0.771. The van der Waals surface area contributed by atoms with Crippen LogP contribution in [0, 0.1) is 11.3 Å². The molecule has 0 aromatic carbocycles. The Bertz CT molecular complexity index is 287. The first-order valence-electron chi connectivity index (χ1n) is 6.63. The molecule has 1 saturated carbocycles. The maximum atomic E-state index is 11.9. The van der Waals surface area contributed by atoms with E-state index < -0.39 is 5.38 Å². The van der Waals surface area contributed by atoms with Crippen LogP contribution in [-0.4, -0.2) is 41.0 Å². The maximum Gasteiger partial charge on any atom is 0.240 e. The SMILES string of the molecule is C[C@H](Cl)C(=O)N1C[C@@H](CO)C2(CCCCC2)C1. The molecule has 1 aliphatic heterocycles. The van der Waals surface area contributed by atoms with Crippen molar-refractivity contribution in [1.82, 2.24) is 4.90 Å². The molecule has 1 amide bonds. The fraction of sp³-hybridized carbons (Fsp3) is 0.923. The highest BCUT2D eigenvalue weighted by atomic mass is 35.5. The van der Waals surface area contributed by atoms with Crippen LogP contribution >= 0.6 is 11.6 Å². The number of halogens is 1. The van der Waals surface area contributed by atoms with Gasteiger partial charge in [-0.05, 0) is 25.2 Å². The molecule has 2 atom stereocenters. The van der Waals surface area contributed by atoms with Gasteiger partial charge in [-0.1, -0.05) is 19.3 Å². The average molecular weight is 260 g/mol. The van der Waals surface area contributed by atoms with E-state index in [1.165, 1.54) is 19.3 Å². The number of hydrogen-bond donors (Lipinski definition) is 1. The fourth-order valence-corrected chi connectivity index (χ4v) is 3.66. The molecular weight excluding hydrogens is 238 g/mol.